The van der Waals surface area contributed by atoms with Gasteiger partial charge in [0.15, 0.2) is 11.5 Å². The van der Waals surface area contributed by atoms with Gasteiger partial charge in [-0.3, -0.25) is 0 Å². The van der Waals surface area contributed by atoms with Gasteiger partial charge in [0.05, 0.1) is 5.56 Å². The summed E-state index contributed by atoms with van der Waals surface area (Å²) in [5.74, 6) is 0.884. The van der Waals surface area contributed by atoms with E-state index in [1.807, 2.05) is 13.0 Å². The third-order valence-electron chi connectivity index (χ3n) is 2.41. The van der Waals surface area contributed by atoms with Gasteiger partial charge >= 0.3 is 0 Å². The van der Waals surface area contributed by atoms with Crippen molar-refractivity contribution in [3.63, 3.8) is 0 Å². The lowest BCUT2D eigenvalue weighted by atomic mass is 10.1. The predicted molar refractivity (Wildman–Crippen MR) is 64.1 cm³/mol. The van der Waals surface area contributed by atoms with Gasteiger partial charge in [0.1, 0.15) is 11.8 Å². The number of nitriles is 1. The molecular formula is C14H11NO2. The van der Waals surface area contributed by atoms with Crippen LogP contribution in [0.25, 0.3) is 0 Å². The van der Waals surface area contributed by atoms with Crippen LogP contribution >= 0.6 is 0 Å². The summed E-state index contributed by atoms with van der Waals surface area (Å²) in [7, 11) is 0. The number of benzene rings is 2. The minimum Gasteiger partial charge on any atom is -0.504 e. The molecule has 0 atom stereocenters. The van der Waals surface area contributed by atoms with Crippen molar-refractivity contribution in [2.24, 2.45) is 0 Å². The average Bonchev–Trinajstić information content (AvgIpc) is 2.34. The Hall–Kier alpha value is -2.47. The molecule has 84 valence electrons. The van der Waals surface area contributed by atoms with E-state index in [9.17, 15) is 5.11 Å². The molecule has 3 nitrogen and oxygen atoms in total. The molecule has 0 fully saturated rings. The molecule has 1 N–H and O–H groups in total. The van der Waals surface area contributed by atoms with Crippen molar-refractivity contribution in [1.29, 1.82) is 5.26 Å². The molecule has 0 saturated heterocycles. The van der Waals surface area contributed by atoms with Gasteiger partial charge < -0.3 is 9.84 Å². The zero-order chi connectivity index (χ0) is 12.3. The van der Waals surface area contributed by atoms with E-state index in [4.69, 9.17) is 10.00 Å². The third-order valence-corrected chi connectivity index (χ3v) is 2.41. The summed E-state index contributed by atoms with van der Waals surface area (Å²) in [5, 5.41) is 18.6. The molecule has 2 aromatic carbocycles. The molecule has 3 heteroatoms. The molecular weight excluding hydrogens is 214 g/mol. The molecule has 0 aliphatic rings. The van der Waals surface area contributed by atoms with Crippen molar-refractivity contribution < 1.29 is 9.84 Å². The highest BCUT2D eigenvalue weighted by molar-refractivity contribution is 5.51. The summed E-state index contributed by atoms with van der Waals surface area (Å²) in [6.07, 6.45) is 0. The molecule has 0 spiro atoms. The highest BCUT2D eigenvalue weighted by atomic mass is 16.5. The van der Waals surface area contributed by atoms with Crippen LogP contribution in [-0.4, -0.2) is 5.11 Å². The van der Waals surface area contributed by atoms with Crippen LogP contribution < -0.4 is 4.74 Å². The Morgan fingerprint density at radius 2 is 1.88 bits per heavy atom. The Morgan fingerprint density at radius 1 is 1.12 bits per heavy atom. The summed E-state index contributed by atoms with van der Waals surface area (Å²) < 4.78 is 5.59. The minimum absolute atomic E-state index is 0.0552. The lowest BCUT2D eigenvalue weighted by molar-refractivity contribution is 0.409. The summed E-state index contributed by atoms with van der Waals surface area (Å²) >= 11 is 0. The largest absolute Gasteiger partial charge is 0.504 e. The zero-order valence-corrected chi connectivity index (χ0v) is 9.34. The number of ether oxygens (including phenoxy) is 1. The second-order valence-electron chi connectivity index (χ2n) is 3.63. The van der Waals surface area contributed by atoms with Crippen molar-refractivity contribution in [3.8, 4) is 23.3 Å². The second kappa shape index (κ2) is 4.58. The first-order valence-electron chi connectivity index (χ1n) is 5.18. The van der Waals surface area contributed by atoms with Crippen LogP contribution in [0.4, 0.5) is 0 Å². The fourth-order valence-corrected chi connectivity index (χ4v) is 1.53. The molecule has 0 heterocycles. The van der Waals surface area contributed by atoms with Crippen LogP contribution in [-0.2, 0) is 0 Å². The number of aryl methyl sites for hydroxylation is 1. The number of nitrogens with zero attached hydrogens (tertiary/aromatic N) is 1. The first-order valence-corrected chi connectivity index (χ1v) is 5.18. The maximum atomic E-state index is 9.62. The van der Waals surface area contributed by atoms with Crippen LogP contribution in [0.15, 0.2) is 42.5 Å². The van der Waals surface area contributed by atoms with Crippen LogP contribution in [0.3, 0.4) is 0 Å². The third kappa shape index (κ3) is 2.21. The normalized spacial score (nSPS) is 9.65. The molecule has 2 rings (SSSR count). The monoisotopic (exact) mass is 225 g/mol. The van der Waals surface area contributed by atoms with Gasteiger partial charge in [-0.2, -0.15) is 5.26 Å². The lowest BCUT2D eigenvalue weighted by Gasteiger charge is -2.11. The summed E-state index contributed by atoms with van der Waals surface area (Å²) in [6, 6.07) is 14.1. The highest BCUT2D eigenvalue weighted by Crippen LogP contribution is 2.33. The standard InChI is InChI=1S/C14H11NO2/c1-10-5-4-6-11(9-15)14(10)17-13-8-3-2-7-12(13)16/h2-8,16H,1H3. The maximum absolute atomic E-state index is 9.62. The quantitative estimate of drug-likeness (QED) is 0.852. The first-order chi connectivity index (χ1) is 8.22. The second-order valence-corrected chi connectivity index (χ2v) is 3.63. The van der Waals surface area contributed by atoms with E-state index in [1.165, 1.54) is 0 Å². The van der Waals surface area contributed by atoms with Crippen molar-refractivity contribution in [2.45, 2.75) is 6.92 Å². The van der Waals surface area contributed by atoms with Gasteiger partial charge in [-0.05, 0) is 30.7 Å². The molecule has 0 radical (unpaired) electrons. The smallest absolute Gasteiger partial charge is 0.169 e. The van der Waals surface area contributed by atoms with E-state index in [2.05, 4.69) is 6.07 Å². The van der Waals surface area contributed by atoms with Crippen LogP contribution in [0.2, 0.25) is 0 Å². The Labute approximate surface area is 99.5 Å². The molecule has 0 amide bonds. The van der Waals surface area contributed by atoms with Crippen molar-refractivity contribution in [3.05, 3.63) is 53.6 Å². The summed E-state index contributed by atoms with van der Waals surface area (Å²) in [5.41, 5.74) is 1.31. The molecule has 0 aromatic heterocycles. The van der Waals surface area contributed by atoms with E-state index in [0.29, 0.717) is 17.1 Å². The van der Waals surface area contributed by atoms with Crippen LogP contribution in [0.5, 0.6) is 17.2 Å². The lowest BCUT2D eigenvalue weighted by Crippen LogP contribution is -1.91. The highest BCUT2D eigenvalue weighted by Gasteiger charge is 2.09. The number of aromatic hydroxyl groups is 1. The average molecular weight is 225 g/mol. The number of hydrogen-bond donors (Lipinski definition) is 1. The maximum Gasteiger partial charge on any atom is 0.169 e. The fraction of sp³-hybridized carbons (Fsp3) is 0.0714. The van der Waals surface area contributed by atoms with Gasteiger partial charge in [0.25, 0.3) is 0 Å². The van der Waals surface area contributed by atoms with Gasteiger partial charge in [0, 0.05) is 0 Å². The van der Waals surface area contributed by atoms with E-state index in [1.54, 1.807) is 36.4 Å². The fourth-order valence-electron chi connectivity index (χ4n) is 1.53. The molecule has 17 heavy (non-hydrogen) atoms. The van der Waals surface area contributed by atoms with E-state index >= 15 is 0 Å². The summed E-state index contributed by atoms with van der Waals surface area (Å²) in [4.78, 5) is 0. The van der Waals surface area contributed by atoms with E-state index in [-0.39, 0.29) is 5.75 Å². The van der Waals surface area contributed by atoms with Crippen molar-refractivity contribution in [2.75, 3.05) is 0 Å². The van der Waals surface area contributed by atoms with Crippen molar-refractivity contribution in [1.82, 2.24) is 0 Å². The SMILES string of the molecule is Cc1cccc(C#N)c1Oc1ccccc1O. The topological polar surface area (TPSA) is 53.2 Å². The molecule has 0 aliphatic heterocycles. The summed E-state index contributed by atoms with van der Waals surface area (Å²) in [6.45, 7) is 1.86. The molecule has 2 aromatic rings. The first kappa shape index (κ1) is 11.0. The number of para-hydroxylation sites is 3. The van der Waals surface area contributed by atoms with Crippen molar-refractivity contribution >= 4 is 0 Å². The number of hydrogen-bond acceptors (Lipinski definition) is 3. The number of rotatable bonds is 2. The Balaban J connectivity index is 2.44. The van der Waals surface area contributed by atoms with Gasteiger partial charge in [-0.1, -0.05) is 24.3 Å². The Morgan fingerprint density at radius 3 is 2.59 bits per heavy atom. The minimum atomic E-state index is 0.0552. The van der Waals surface area contributed by atoms with Gasteiger partial charge in [0.2, 0.25) is 0 Å². The van der Waals surface area contributed by atoms with Crippen LogP contribution in [0, 0.1) is 18.3 Å². The van der Waals surface area contributed by atoms with Gasteiger partial charge in [-0.15, -0.1) is 0 Å². The predicted octanol–water partition coefficient (Wildman–Crippen LogP) is 3.36. The Bertz CT molecular complexity index is 585. The number of phenolic OH excluding ortho intramolecular Hbond substituents is 1. The number of phenols is 1. The molecule has 0 bridgehead atoms. The molecule has 0 saturated carbocycles. The molecule has 0 aliphatic carbocycles. The molecule has 0 unspecified atom stereocenters. The van der Waals surface area contributed by atoms with Crippen LogP contribution in [0.1, 0.15) is 11.1 Å². The van der Waals surface area contributed by atoms with E-state index < -0.39 is 0 Å². The Kier molecular flexibility index (Phi) is 2.97. The zero-order valence-electron chi connectivity index (χ0n) is 9.34. The van der Waals surface area contributed by atoms with Gasteiger partial charge in [-0.25, -0.2) is 0 Å². The van der Waals surface area contributed by atoms with E-state index in [0.717, 1.165) is 5.56 Å².